The molecule has 1 heterocycles. The molecule has 0 aliphatic heterocycles. The molecule has 2 aromatic rings. The van der Waals surface area contributed by atoms with Crippen molar-refractivity contribution in [3.05, 3.63) is 59.9 Å². The van der Waals surface area contributed by atoms with E-state index in [1.54, 1.807) is 6.20 Å². The van der Waals surface area contributed by atoms with Gasteiger partial charge in [0.2, 0.25) is 5.91 Å². The zero-order valence-electron chi connectivity index (χ0n) is 11.2. The van der Waals surface area contributed by atoms with Gasteiger partial charge in [-0.15, -0.1) is 0 Å². The van der Waals surface area contributed by atoms with E-state index in [-0.39, 0.29) is 12.5 Å². The fourth-order valence-corrected chi connectivity index (χ4v) is 1.70. The van der Waals surface area contributed by atoms with Crippen LogP contribution in [0.2, 0.25) is 0 Å². The second-order valence-corrected chi connectivity index (χ2v) is 4.19. The monoisotopic (exact) mass is 268 g/mol. The van der Waals surface area contributed by atoms with Crippen molar-refractivity contribution >= 4 is 23.7 Å². The summed E-state index contributed by atoms with van der Waals surface area (Å²) in [7, 11) is 1.49. The Morgan fingerprint density at radius 1 is 1.25 bits per heavy atom. The van der Waals surface area contributed by atoms with Crippen molar-refractivity contribution in [3.63, 3.8) is 0 Å². The van der Waals surface area contributed by atoms with Gasteiger partial charge in [-0.25, -0.2) is 0 Å². The number of anilines is 1. The van der Waals surface area contributed by atoms with Crippen LogP contribution in [0, 0.1) is 0 Å². The summed E-state index contributed by atoms with van der Waals surface area (Å²) in [5, 5.41) is 2.77. The van der Waals surface area contributed by atoms with E-state index < -0.39 is 0 Å². The third kappa shape index (κ3) is 4.33. The van der Waals surface area contributed by atoms with Crippen LogP contribution in [0.5, 0.6) is 0 Å². The number of carbonyl (C=O) groups is 1. The van der Waals surface area contributed by atoms with E-state index in [2.05, 4.69) is 10.3 Å². The molecule has 0 saturated carbocycles. The maximum Gasteiger partial charge on any atom is 0.250 e. The third-order valence-corrected chi connectivity index (χ3v) is 2.58. The van der Waals surface area contributed by atoms with Crippen LogP contribution in [0.15, 0.2) is 48.7 Å². The summed E-state index contributed by atoms with van der Waals surface area (Å²) in [4.78, 5) is 15.7. The van der Waals surface area contributed by atoms with Crippen LogP contribution >= 0.6 is 0 Å². The van der Waals surface area contributed by atoms with Gasteiger partial charge >= 0.3 is 0 Å². The highest BCUT2D eigenvalue weighted by molar-refractivity contribution is 5.92. The van der Waals surface area contributed by atoms with Gasteiger partial charge in [0.25, 0.3) is 0 Å². The van der Waals surface area contributed by atoms with Crippen LogP contribution < -0.4 is 5.32 Å². The van der Waals surface area contributed by atoms with E-state index in [1.807, 2.05) is 54.6 Å². The Hall–Kier alpha value is -2.46. The summed E-state index contributed by atoms with van der Waals surface area (Å²) in [6.07, 6.45) is 5.63. The average Bonchev–Trinajstić information content (AvgIpc) is 2.47. The third-order valence-electron chi connectivity index (χ3n) is 2.58. The highest BCUT2D eigenvalue weighted by Gasteiger charge is 2.00. The Kier molecular flexibility index (Phi) is 5.03. The Bertz CT molecular complexity index is 594. The number of nitrogens with one attached hydrogen (secondary N) is 1. The standard InChI is InChI=1S/C16H16N2O2/c1-20-12-16(19)18-15-7-4-5-13(11-15)8-9-14-6-2-3-10-17-14/h2-11H,12H2,1H3,(H,18,19)/b9-8+. The molecule has 4 nitrogen and oxygen atoms in total. The van der Waals surface area contributed by atoms with E-state index >= 15 is 0 Å². The van der Waals surface area contributed by atoms with Crippen molar-refractivity contribution in [3.8, 4) is 0 Å². The lowest BCUT2D eigenvalue weighted by molar-refractivity contribution is -0.119. The van der Waals surface area contributed by atoms with Gasteiger partial charge < -0.3 is 10.1 Å². The van der Waals surface area contributed by atoms with E-state index in [0.29, 0.717) is 0 Å². The van der Waals surface area contributed by atoms with Gasteiger partial charge in [-0.3, -0.25) is 9.78 Å². The van der Waals surface area contributed by atoms with Gasteiger partial charge in [0.05, 0.1) is 5.69 Å². The van der Waals surface area contributed by atoms with Gasteiger partial charge in [-0.2, -0.15) is 0 Å². The highest BCUT2D eigenvalue weighted by Crippen LogP contribution is 2.13. The summed E-state index contributed by atoms with van der Waals surface area (Å²) in [5.41, 5.74) is 2.63. The number of aromatic nitrogens is 1. The maximum atomic E-state index is 11.4. The average molecular weight is 268 g/mol. The molecule has 0 spiro atoms. The number of hydrogen-bond donors (Lipinski definition) is 1. The molecular weight excluding hydrogens is 252 g/mol. The maximum absolute atomic E-state index is 11.4. The molecule has 0 fully saturated rings. The molecule has 1 N–H and O–H groups in total. The molecule has 0 aliphatic rings. The van der Waals surface area contributed by atoms with Crippen molar-refractivity contribution in [1.82, 2.24) is 4.98 Å². The van der Waals surface area contributed by atoms with E-state index in [4.69, 9.17) is 4.74 Å². The lowest BCUT2D eigenvalue weighted by Crippen LogP contribution is -2.16. The molecular formula is C16H16N2O2. The number of pyridine rings is 1. The summed E-state index contributed by atoms with van der Waals surface area (Å²) in [6, 6.07) is 13.3. The minimum absolute atomic E-state index is 0.0496. The molecule has 20 heavy (non-hydrogen) atoms. The quantitative estimate of drug-likeness (QED) is 0.907. The van der Waals surface area contributed by atoms with Crippen LogP contribution in [-0.4, -0.2) is 24.6 Å². The van der Waals surface area contributed by atoms with Crippen molar-refractivity contribution in [2.75, 3.05) is 19.0 Å². The Balaban J connectivity index is 2.06. The SMILES string of the molecule is COCC(=O)Nc1cccc(/C=C/c2ccccn2)c1. The molecule has 0 radical (unpaired) electrons. The molecule has 1 aromatic carbocycles. The first-order valence-electron chi connectivity index (χ1n) is 6.26. The van der Waals surface area contributed by atoms with Gasteiger partial charge in [-0.05, 0) is 35.9 Å². The van der Waals surface area contributed by atoms with Gasteiger partial charge in [0, 0.05) is 19.0 Å². The van der Waals surface area contributed by atoms with Crippen LogP contribution in [0.1, 0.15) is 11.3 Å². The number of carbonyl (C=O) groups excluding carboxylic acids is 1. The fraction of sp³-hybridized carbons (Fsp3) is 0.125. The molecule has 4 heteroatoms. The largest absolute Gasteiger partial charge is 0.375 e. The zero-order valence-corrected chi connectivity index (χ0v) is 11.2. The molecule has 0 aliphatic carbocycles. The number of nitrogens with zero attached hydrogens (tertiary/aromatic N) is 1. The lowest BCUT2D eigenvalue weighted by Gasteiger charge is -2.05. The number of benzene rings is 1. The van der Waals surface area contributed by atoms with Crippen molar-refractivity contribution < 1.29 is 9.53 Å². The topological polar surface area (TPSA) is 51.2 Å². The minimum atomic E-state index is -0.168. The summed E-state index contributed by atoms with van der Waals surface area (Å²) >= 11 is 0. The van der Waals surface area contributed by atoms with Gasteiger partial charge in [0.1, 0.15) is 6.61 Å². The molecule has 102 valence electrons. The van der Waals surface area contributed by atoms with E-state index in [0.717, 1.165) is 16.9 Å². The van der Waals surface area contributed by atoms with Crippen LogP contribution in [0.3, 0.4) is 0 Å². The molecule has 1 aromatic heterocycles. The summed E-state index contributed by atoms with van der Waals surface area (Å²) < 4.78 is 4.78. The van der Waals surface area contributed by atoms with Crippen LogP contribution in [0.25, 0.3) is 12.2 Å². The predicted octanol–water partition coefficient (Wildman–Crippen LogP) is 2.84. The molecule has 1 amide bonds. The lowest BCUT2D eigenvalue weighted by atomic mass is 10.1. The van der Waals surface area contributed by atoms with Crippen molar-refractivity contribution in [2.24, 2.45) is 0 Å². The molecule has 0 atom stereocenters. The van der Waals surface area contributed by atoms with E-state index in [1.165, 1.54) is 7.11 Å². The summed E-state index contributed by atoms with van der Waals surface area (Å²) in [5.74, 6) is -0.168. The highest BCUT2D eigenvalue weighted by atomic mass is 16.5. The first kappa shape index (κ1) is 14.0. The second-order valence-electron chi connectivity index (χ2n) is 4.19. The first-order valence-corrected chi connectivity index (χ1v) is 6.26. The van der Waals surface area contributed by atoms with Crippen molar-refractivity contribution in [1.29, 1.82) is 0 Å². The Labute approximate surface area is 118 Å². The first-order chi connectivity index (χ1) is 9.78. The van der Waals surface area contributed by atoms with Crippen LogP contribution in [-0.2, 0) is 9.53 Å². The van der Waals surface area contributed by atoms with Gasteiger partial charge in [-0.1, -0.05) is 24.3 Å². The smallest absolute Gasteiger partial charge is 0.250 e. The van der Waals surface area contributed by atoms with Crippen LogP contribution in [0.4, 0.5) is 5.69 Å². The summed E-state index contributed by atoms with van der Waals surface area (Å²) in [6.45, 7) is 0.0496. The second kappa shape index (κ2) is 7.21. The number of methoxy groups -OCH3 is 1. The fourth-order valence-electron chi connectivity index (χ4n) is 1.70. The van der Waals surface area contributed by atoms with Gasteiger partial charge in [0.15, 0.2) is 0 Å². The van der Waals surface area contributed by atoms with Crippen molar-refractivity contribution in [2.45, 2.75) is 0 Å². The number of ether oxygens (including phenoxy) is 1. The zero-order chi connectivity index (χ0) is 14.2. The predicted molar refractivity (Wildman–Crippen MR) is 80.1 cm³/mol. The molecule has 2 rings (SSSR count). The number of hydrogen-bond acceptors (Lipinski definition) is 3. The molecule has 0 saturated heterocycles. The molecule has 0 bridgehead atoms. The normalized spacial score (nSPS) is 10.7. The number of rotatable bonds is 5. The molecule has 0 unspecified atom stereocenters. The minimum Gasteiger partial charge on any atom is -0.375 e. The Morgan fingerprint density at radius 2 is 2.15 bits per heavy atom. The van der Waals surface area contributed by atoms with E-state index in [9.17, 15) is 4.79 Å². The number of amides is 1. The Morgan fingerprint density at radius 3 is 2.90 bits per heavy atom.